The number of aromatic nitrogens is 2. The van der Waals surface area contributed by atoms with Crippen LogP contribution < -0.4 is 14.5 Å². The molecule has 2 aromatic heterocycles. The van der Waals surface area contributed by atoms with Gasteiger partial charge in [0.25, 0.3) is 0 Å². The number of ether oxygens (including phenoxy) is 1. The molecule has 5 nitrogen and oxygen atoms in total. The molecule has 3 heterocycles. The Kier molecular flexibility index (Phi) is 7.80. The number of fused-ring (bicyclic) bond motifs is 4. The number of hydrogen-bond acceptors (Lipinski definition) is 4. The van der Waals surface area contributed by atoms with Gasteiger partial charge in [0, 0.05) is 59.8 Å². The molecule has 0 saturated carbocycles. The summed E-state index contributed by atoms with van der Waals surface area (Å²) in [6, 6.07) is 33.6. The summed E-state index contributed by atoms with van der Waals surface area (Å²) in [6.07, 6.45) is 1.88. The van der Waals surface area contributed by atoms with Crippen molar-refractivity contribution in [3.8, 4) is 17.3 Å². The van der Waals surface area contributed by atoms with Crippen molar-refractivity contribution in [2.45, 2.75) is 78.6 Å². The molecule has 0 saturated heterocycles. The number of rotatable bonds is 4. The fourth-order valence-corrected chi connectivity index (χ4v) is 6.27. The Morgan fingerprint density at radius 2 is 1.37 bits per heavy atom. The van der Waals surface area contributed by atoms with Crippen molar-refractivity contribution < 1.29 is 29.9 Å². The second-order valence-electron chi connectivity index (χ2n) is 15.9. The molecule has 256 valence electrons. The van der Waals surface area contributed by atoms with E-state index in [1.165, 1.54) is 16.0 Å². The maximum atomic E-state index is 8.26. The van der Waals surface area contributed by atoms with E-state index in [2.05, 4.69) is 121 Å². The predicted molar refractivity (Wildman–Crippen MR) is 200 cm³/mol. The molecule has 7 rings (SSSR count). The third-order valence-electron chi connectivity index (χ3n) is 9.18. The molecule has 1 aliphatic rings. The topological polar surface area (TPSA) is 33.5 Å². The number of pyridine rings is 1. The summed E-state index contributed by atoms with van der Waals surface area (Å²) < 4.78 is 33.4. The van der Waals surface area contributed by atoms with Gasteiger partial charge in [0.1, 0.15) is 5.82 Å². The summed E-state index contributed by atoms with van der Waals surface area (Å²) in [5.41, 5.74) is 7.30. The van der Waals surface area contributed by atoms with E-state index in [1.54, 1.807) is 6.67 Å². The summed E-state index contributed by atoms with van der Waals surface area (Å²) in [4.78, 5) is 8.05. The van der Waals surface area contributed by atoms with Gasteiger partial charge in [0.05, 0.1) is 0 Å². The Bertz CT molecular complexity index is 2290. The molecule has 0 atom stereocenters. The molecule has 0 radical (unpaired) electrons. The smallest absolute Gasteiger partial charge is 0.135 e. The van der Waals surface area contributed by atoms with E-state index >= 15 is 0 Å². The third-order valence-corrected chi connectivity index (χ3v) is 9.18. The van der Waals surface area contributed by atoms with Crippen LogP contribution in [0.4, 0.5) is 17.1 Å². The summed E-state index contributed by atoms with van der Waals surface area (Å²) in [6.45, 7) is 18.9. The van der Waals surface area contributed by atoms with E-state index in [9.17, 15) is 0 Å². The molecular weight excluding hydrogens is 784 g/mol. The van der Waals surface area contributed by atoms with Gasteiger partial charge in [-0.15, -0.1) is 41.4 Å². The van der Waals surface area contributed by atoms with Crippen LogP contribution in [0.3, 0.4) is 0 Å². The first kappa shape index (κ1) is 30.9. The first-order chi connectivity index (χ1) is 23.8. The van der Waals surface area contributed by atoms with Crippen molar-refractivity contribution >= 4 is 38.9 Å². The number of hydrogen-bond donors (Lipinski definition) is 0. The summed E-state index contributed by atoms with van der Waals surface area (Å²) in [5.74, 6) is 1.85. The van der Waals surface area contributed by atoms with Gasteiger partial charge in [-0.05, 0) is 75.6 Å². The van der Waals surface area contributed by atoms with Crippen molar-refractivity contribution in [3.05, 3.63) is 121 Å². The molecule has 0 fully saturated rings. The van der Waals surface area contributed by atoms with Gasteiger partial charge in [-0.2, -0.15) is 18.8 Å². The van der Waals surface area contributed by atoms with Crippen LogP contribution in [0.2, 0.25) is 0 Å². The normalized spacial score (nSPS) is 14.8. The van der Waals surface area contributed by atoms with Crippen molar-refractivity contribution in [2.75, 3.05) is 16.8 Å². The molecule has 6 heteroatoms. The van der Waals surface area contributed by atoms with Gasteiger partial charge in [-0.1, -0.05) is 86.0 Å². The second-order valence-corrected chi connectivity index (χ2v) is 15.9. The van der Waals surface area contributed by atoms with Crippen LogP contribution in [0.1, 0.15) is 83.1 Å². The zero-order valence-electron chi connectivity index (χ0n) is 32.7. The Labute approximate surface area is 310 Å². The van der Waals surface area contributed by atoms with E-state index in [0.29, 0.717) is 22.9 Å². The average molecular weight is 832 g/mol. The van der Waals surface area contributed by atoms with Crippen LogP contribution >= 0.6 is 0 Å². The minimum Gasteiger partial charge on any atom is -0.509 e. The largest absolute Gasteiger partial charge is 0.509 e. The van der Waals surface area contributed by atoms with Gasteiger partial charge < -0.3 is 19.1 Å². The molecule has 0 bridgehead atoms. The molecule has 4 aromatic carbocycles. The average Bonchev–Trinajstić information content (AvgIpc) is 3.59. The van der Waals surface area contributed by atoms with Crippen LogP contribution in [-0.4, -0.2) is 16.5 Å². The van der Waals surface area contributed by atoms with Crippen molar-refractivity contribution in [1.29, 1.82) is 0 Å². The second kappa shape index (κ2) is 12.4. The fraction of sp³-hybridized carbons (Fsp3) is 0.302. The number of benzene rings is 4. The molecule has 6 aromatic rings. The number of nitrogens with zero attached hydrogens (tertiary/aromatic N) is 4. The maximum Gasteiger partial charge on any atom is 0.135 e. The summed E-state index contributed by atoms with van der Waals surface area (Å²) in [5, 5.41) is 2.19. The fourth-order valence-electron chi connectivity index (χ4n) is 6.27. The third kappa shape index (κ3) is 6.51. The molecule has 0 spiro atoms. The Balaban J connectivity index is 0.00000464. The first-order valence-electron chi connectivity index (χ1n) is 18.1. The van der Waals surface area contributed by atoms with Crippen LogP contribution in [0.5, 0.6) is 11.5 Å². The van der Waals surface area contributed by atoms with E-state index in [0.717, 1.165) is 38.9 Å². The molecule has 0 unspecified atom stereocenters. The van der Waals surface area contributed by atoms with Crippen molar-refractivity contribution in [1.82, 2.24) is 9.55 Å². The van der Waals surface area contributed by atoms with E-state index in [-0.39, 0.29) is 37.3 Å². The van der Waals surface area contributed by atoms with Crippen LogP contribution in [-0.2, 0) is 37.3 Å². The SMILES string of the molecule is [2H]C([2H])([2H])N1[CH-]N(c2[c-]c(Oc3[c-]c4c(cc3)c3cc(C(C)(C)C)ccc3n4-c3cc(C(C)(C)C)ccn3)ccc2)c2ccc(C(C)(C)C)cc21.[Pt]. The van der Waals surface area contributed by atoms with E-state index < -0.39 is 6.98 Å². The van der Waals surface area contributed by atoms with Gasteiger partial charge >= 0.3 is 0 Å². The van der Waals surface area contributed by atoms with Crippen LogP contribution in [0.15, 0.2) is 85.1 Å². The Morgan fingerprint density at radius 1 is 0.694 bits per heavy atom. The molecule has 0 aliphatic carbocycles. The molecule has 0 amide bonds. The van der Waals surface area contributed by atoms with E-state index in [1.807, 2.05) is 47.5 Å². The first-order valence-corrected chi connectivity index (χ1v) is 16.6. The van der Waals surface area contributed by atoms with Crippen LogP contribution in [0.25, 0.3) is 27.6 Å². The van der Waals surface area contributed by atoms with Crippen molar-refractivity contribution in [2.24, 2.45) is 0 Å². The Morgan fingerprint density at radius 3 is 2.08 bits per heavy atom. The van der Waals surface area contributed by atoms with Crippen LogP contribution in [0, 0.1) is 18.8 Å². The molecular formula is C43H45N4OPt-3. The monoisotopic (exact) mass is 831 g/mol. The number of anilines is 3. The molecule has 0 N–H and O–H groups in total. The zero-order chi connectivity index (χ0) is 36.7. The minimum atomic E-state index is -2.36. The minimum absolute atomic E-state index is 0. The summed E-state index contributed by atoms with van der Waals surface area (Å²) in [7, 11) is 0. The van der Waals surface area contributed by atoms with E-state index in [4.69, 9.17) is 13.8 Å². The van der Waals surface area contributed by atoms with Gasteiger partial charge in [0.2, 0.25) is 0 Å². The van der Waals surface area contributed by atoms with Gasteiger partial charge in [0.15, 0.2) is 0 Å². The van der Waals surface area contributed by atoms with Crippen molar-refractivity contribution in [3.63, 3.8) is 0 Å². The molecule has 1 aliphatic heterocycles. The van der Waals surface area contributed by atoms with Gasteiger partial charge in [-0.25, -0.2) is 4.98 Å². The maximum absolute atomic E-state index is 8.26. The molecule has 49 heavy (non-hydrogen) atoms. The zero-order valence-corrected chi connectivity index (χ0v) is 31.9. The summed E-state index contributed by atoms with van der Waals surface area (Å²) >= 11 is 0. The predicted octanol–water partition coefficient (Wildman–Crippen LogP) is 11.2. The standard InChI is InChI=1S/C43H45N4O.Pt/c1-41(2,3)28-14-18-36-35(22-28)34-17-16-33(26-38(34)47(36)40-24-30(20-21-44-40)43(7,8)9)48-32-13-11-12-31(25-32)46-27-45(10)39-23-29(42(4,5)6)15-19-37(39)46;/h11-24,27H,1-10H3;/q-3;/i10D3;. The Hall–Kier alpha value is -4.08. The quantitative estimate of drug-likeness (QED) is 0.166. The van der Waals surface area contributed by atoms with Gasteiger partial charge in [-0.3, -0.25) is 0 Å².